The SMILES string of the molecule is COc1ccc(C(O)CN)cc1OCc1ccccc1. The maximum absolute atomic E-state index is 9.78. The molecule has 20 heavy (non-hydrogen) atoms. The molecule has 0 amide bonds. The Bertz CT molecular complexity index is 543. The van der Waals surface area contributed by atoms with Crippen LogP contribution in [0.1, 0.15) is 17.2 Å². The van der Waals surface area contributed by atoms with Crippen LogP contribution in [-0.2, 0) is 6.61 Å². The number of ether oxygens (including phenoxy) is 2. The molecule has 0 bridgehead atoms. The smallest absolute Gasteiger partial charge is 0.162 e. The fraction of sp³-hybridized carbons (Fsp3) is 0.250. The van der Waals surface area contributed by atoms with Crippen LogP contribution in [0.2, 0.25) is 0 Å². The lowest BCUT2D eigenvalue weighted by Gasteiger charge is -2.14. The minimum atomic E-state index is -0.694. The van der Waals surface area contributed by atoms with Crippen molar-refractivity contribution in [1.82, 2.24) is 0 Å². The molecule has 0 aromatic heterocycles. The molecule has 0 saturated heterocycles. The van der Waals surface area contributed by atoms with E-state index in [4.69, 9.17) is 15.2 Å². The van der Waals surface area contributed by atoms with Crippen LogP contribution in [0.3, 0.4) is 0 Å². The van der Waals surface area contributed by atoms with Crippen LogP contribution >= 0.6 is 0 Å². The van der Waals surface area contributed by atoms with E-state index in [2.05, 4.69) is 0 Å². The van der Waals surface area contributed by atoms with Crippen molar-refractivity contribution < 1.29 is 14.6 Å². The highest BCUT2D eigenvalue weighted by molar-refractivity contribution is 5.43. The fourth-order valence-electron chi connectivity index (χ4n) is 1.88. The topological polar surface area (TPSA) is 64.7 Å². The van der Waals surface area contributed by atoms with Crippen LogP contribution in [0.25, 0.3) is 0 Å². The maximum atomic E-state index is 9.78. The molecule has 1 atom stereocenters. The Labute approximate surface area is 118 Å². The predicted octanol–water partition coefficient (Wildman–Crippen LogP) is 2.27. The molecule has 106 valence electrons. The molecule has 0 saturated carbocycles. The molecule has 2 aromatic carbocycles. The highest BCUT2D eigenvalue weighted by atomic mass is 16.5. The van der Waals surface area contributed by atoms with Crippen molar-refractivity contribution in [3.05, 3.63) is 59.7 Å². The highest BCUT2D eigenvalue weighted by Gasteiger charge is 2.11. The third kappa shape index (κ3) is 3.50. The van der Waals surface area contributed by atoms with Crippen LogP contribution in [0.5, 0.6) is 11.5 Å². The van der Waals surface area contributed by atoms with E-state index in [9.17, 15) is 5.11 Å². The molecule has 2 aromatic rings. The molecule has 0 aliphatic rings. The Morgan fingerprint density at radius 1 is 1.10 bits per heavy atom. The molecule has 2 rings (SSSR count). The van der Waals surface area contributed by atoms with Gasteiger partial charge in [0.2, 0.25) is 0 Å². The van der Waals surface area contributed by atoms with E-state index < -0.39 is 6.10 Å². The van der Waals surface area contributed by atoms with Gasteiger partial charge in [0.25, 0.3) is 0 Å². The average Bonchev–Trinajstić information content (AvgIpc) is 2.52. The van der Waals surface area contributed by atoms with Gasteiger partial charge in [-0.05, 0) is 23.3 Å². The number of hydrogen-bond donors (Lipinski definition) is 2. The van der Waals surface area contributed by atoms with Gasteiger partial charge in [-0.15, -0.1) is 0 Å². The molecule has 4 nitrogen and oxygen atoms in total. The van der Waals surface area contributed by atoms with E-state index in [-0.39, 0.29) is 6.54 Å². The van der Waals surface area contributed by atoms with Crippen molar-refractivity contribution in [2.75, 3.05) is 13.7 Å². The first-order chi connectivity index (χ1) is 9.74. The van der Waals surface area contributed by atoms with Gasteiger partial charge in [-0.3, -0.25) is 0 Å². The van der Waals surface area contributed by atoms with Crippen molar-refractivity contribution in [1.29, 1.82) is 0 Å². The van der Waals surface area contributed by atoms with Crippen LogP contribution < -0.4 is 15.2 Å². The van der Waals surface area contributed by atoms with Crippen molar-refractivity contribution in [2.45, 2.75) is 12.7 Å². The molecule has 0 radical (unpaired) electrons. The van der Waals surface area contributed by atoms with E-state index in [0.717, 1.165) is 11.1 Å². The number of hydrogen-bond acceptors (Lipinski definition) is 4. The molecule has 0 fully saturated rings. The van der Waals surface area contributed by atoms with Crippen molar-refractivity contribution in [3.8, 4) is 11.5 Å². The van der Waals surface area contributed by atoms with Gasteiger partial charge in [-0.1, -0.05) is 36.4 Å². The number of nitrogens with two attached hydrogens (primary N) is 1. The van der Waals surface area contributed by atoms with Crippen LogP contribution in [0.15, 0.2) is 48.5 Å². The first kappa shape index (κ1) is 14.4. The van der Waals surface area contributed by atoms with Crippen molar-refractivity contribution in [2.24, 2.45) is 5.73 Å². The zero-order chi connectivity index (χ0) is 14.4. The molecule has 0 heterocycles. The summed E-state index contributed by atoms with van der Waals surface area (Å²) in [6.45, 7) is 0.615. The van der Waals surface area contributed by atoms with E-state index in [1.807, 2.05) is 30.3 Å². The largest absolute Gasteiger partial charge is 0.493 e. The second kappa shape index (κ2) is 6.93. The third-order valence-electron chi connectivity index (χ3n) is 3.03. The Morgan fingerprint density at radius 3 is 2.50 bits per heavy atom. The summed E-state index contributed by atoms with van der Waals surface area (Å²) in [4.78, 5) is 0. The molecule has 3 N–H and O–H groups in total. The van der Waals surface area contributed by atoms with Gasteiger partial charge in [-0.2, -0.15) is 0 Å². The summed E-state index contributed by atoms with van der Waals surface area (Å²) in [5.41, 5.74) is 7.26. The minimum Gasteiger partial charge on any atom is -0.493 e. The number of aliphatic hydroxyl groups excluding tert-OH is 1. The average molecular weight is 273 g/mol. The number of benzene rings is 2. The Morgan fingerprint density at radius 2 is 1.85 bits per heavy atom. The molecule has 0 spiro atoms. The van der Waals surface area contributed by atoms with E-state index >= 15 is 0 Å². The lowest BCUT2D eigenvalue weighted by Crippen LogP contribution is -2.11. The van der Waals surface area contributed by atoms with Gasteiger partial charge in [0.15, 0.2) is 11.5 Å². The van der Waals surface area contributed by atoms with Gasteiger partial charge in [-0.25, -0.2) is 0 Å². The molecule has 0 aliphatic carbocycles. The van der Waals surface area contributed by atoms with Gasteiger partial charge < -0.3 is 20.3 Å². The van der Waals surface area contributed by atoms with Crippen LogP contribution in [-0.4, -0.2) is 18.8 Å². The normalized spacial score (nSPS) is 11.9. The Kier molecular flexibility index (Phi) is 4.98. The lowest BCUT2D eigenvalue weighted by atomic mass is 10.1. The summed E-state index contributed by atoms with van der Waals surface area (Å²) >= 11 is 0. The van der Waals surface area contributed by atoms with Crippen molar-refractivity contribution >= 4 is 0 Å². The molecule has 0 aliphatic heterocycles. The third-order valence-corrected chi connectivity index (χ3v) is 3.03. The van der Waals surface area contributed by atoms with E-state index in [1.54, 1.807) is 25.3 Å². The van der Waals surface area contributed by atoms with E-state index in [0.29, 0.717) is 18.1 Å². The van der Waals surface area contributed by atoms with Crippen molar-refractivity contribution in [3.63, 3.8) is 0 Å². The second-order valence-electron chi connectivity index (χ2n) is 4.44. The Hall–Kier alpha value is -2.04. The van der Waals surface area contributed by atoms with E-state index in [1.165, 1.54) is 0 Å². The molecular weight excluding hydrogens is 254 g/mol. The van der Waals surface area contributed by atoms with Crippen LogP contribution in [0, 0.1) is 0 Å². The van der Waals surface area contributed by atoms with Gasteiger partial charge in [0.05, 0.1) is 13.2 Å². The summed E-state index contributed by atoms with van der Waals surface area (Å²) in [6.07, 6.45) is -0.694. The number of rotatable bonds is 6. The number of aliphatic hydroxyl groups is 1. The monoisotopic (exact) mass is 273 g/mol. The minimum absolute atomic E-state index is 0.171. The Balaban J connectivity index is 2.16. The van der Waals surface area contributed by atoms with Gasteiger partial charge in [0, 0.05) is 6.54 Å². The zero-order valence-corrected chi connectivity index (χ0v) is 11.5. The molecule has 4 heteroatoms. The standard InChI is InChI=1S/C16H19NO3/c1-19-15-8-7-13(14(18)10-17)9-16(15)20-11-12-5-3-2-4-6-12/h2-9,14,18H,10-11,17H2,1H3. The summed E-state index contributed by atoms with van der Waals surface area (Å²) < 4.78 is 11.0. The maximum Gasteiger partial charge on any atom is 0.162 e. The lowest BCUT2D eigenvalue weighted by molar-refractivity contribution is 0.185. The fourth-order valence-corrected chi connectivity index (χ4v) is 1.88. The summed E-state index contributed by atoms with van der Waals surface area (Å²) in [5.74, 6) is 1.23. The van der Waals surface area contributed by atoms with Gasteiger partial charge >= 0.3 is 0 Å². The van der Waals surface area contributed by atoms with Crippen LogP contribution in [0.4, 0.5) is 0 Å². The summed E-state index contributed by atoms with van der Waals surface area (Å²) in [6, 6.07) is 15.2. The summed E-state index contributed by atoms with van der Waals surface area (Å²) in [5, 5.41) is 9.78. The molecule has 1 unspecified atom stereocenters. The molecular formula is C16H19NO3. The number of methoxy groups -OCH3 is 1. The van der Waals surface area contributed by atoms with Gasteiger partial charge in [0.1, 0.15) is 6.61 Å². The quantitative estimate of drug-likeness (QED) is 0.847. The first-order valence-electron chi connectivity index (χ1n) is 6.47. The second-order valence-corrected chi connectivity index (χ2v) is 4.44. The summed E-state index contributed by atoms with van der Waals surface area (Å²) in [7, 11) is 1.59. The zero-order valence-electron chi connectivity index (χ0n) is 11.5. The first-order valence-corrected chi connectivity index (χ1v) is 6.47. The highest BCUT2D eigenvalue weighted by Crippen LogP contribution is 2.30. The predicted molar refractivity (Wildman–Crippen MR) is 77.8 cm³/mol.